The van der Waals surface area contributed by atoms with Crippen LogP contribution in [0.1, 0.15) is 252 Å². The van der Waals surface area contributed by atoms with Gasteiger partial charge < -0.3 is 14.2 Å². The molecule has 6 heterocycles. The lowest BCUT2D eigenvalue weighted by molar-refractivity contribution is 0.480. The summed E-state index contributed by atoms with van der Waals surface area (Å²) < 4.78 is 20.7. The van der Waals surface area contributed by atoms with Crippen LogP contribution in [0.15, 0.2) is 273 Å². The first kappa shape index (κ1) is 85.7. The SMILES string of the molecule is CC(C)(C)c1cc(-c2ccc3c(c2)B2c4ccccc4C(C)(C)c4c(-c5cc(C(C)(C)C)cc(C(C)(C)C)c5)ccc(c42)O3)cc(C(C)(C)C)c1.CC1(C)c2ccccc2-c2cc3c(cc21)Oc1cc2c(c4c1B3c1ccccc1C4(C)C)-c1ccccc1C2(C)C.Cc1cc(C)cc(-c2ccc3c(c2)B2c4ccccc4C(C)(C)c4c(-c5cc(C)cc(C)c5)ccc(c42)O3)c1. The molecule has 0 bridgehead atoms. The maximum Gasteiger partial charge on any atom is 0.251 e. The van der Waals surface area contributed by atoms with E-state index in [0.717, 1.165) is 34.5 Å². The highest BCUT2D eigenvalue weighted by molar-refractivity contribution is 6.99. The van der Waals surface area contributed by atoms with Crippen LogP contribution < -0.4 is 63.4 Å². The molecular weight excluding hydrogens is 1580 g/mol. The van der Waals surface area contributed by atoms with Gasteiger partial charge in [-0.1, -0.05) is 428 Å². The number of benzene rings is 15. The van der Waals surface area contributed by atoms with Crippen molar-refractivity contribution in [2.24, 2.45) is 0 Å². The molecule has 0 radical (unpaired) electrons. The molecule has 0 saturated heterocycles. The molecule has 15 aromatic rings. The third kappa shape index (κ3) is 13.5. The Hall–Kier alpha value is -12.1. The summed E-state index contributed by atoms with van der Waals surface area (Å²) in [5.74, 6) is 5.92. The molecule has 23 rings (SSSR count). The van der Waals surface area contributed by atoms with Crippen LogP contribution in [0.2, 0.25) is 0 Å². The third-order valence-electron chi connectivity index (χ3n) is 31.2. The molecule has 0 amide bonds. The quantitative estimate of drug-likeness (QED) is 0.164. The van der Waals surface area contributed by atoms with Gasteiger partial charge in [0.2, 0.25) is 0 Å². The Kier molecular flexibility index (Phi) is 19.3. The summed E-state index contributed by atoms with van der Waals surface area (Å²) in [5, 5.41) is 0. The number of hydrogen-bond acceptors (Lipinski definition) is 3. The molecule has 3 nitrogen and oxygen atoms in total. The minimum Gasteiger partial charge on any atom is -0.458 e. The van der Waals surface area contributed by atoms with Gasteiger partial charge in [0, 0.05) is 27.1 Å². The fourth-order valence-corrected chi connectivity index (χ4v) is 24.5. The minimum absolute atomic E-state index is 0.0295. The Labute approximate surface area is 781 Å². The van der Waals surface area contributed by atoms with Crippen LogP contribution in [0, 0.1) is 27.7 Å². The molecule has 0 atom stereocenters. The normalized spacial score (nSPS) is 15.8. The predicted octanol–water partition coefficient (Wildman–Crippen LogP) is 26.5. The number of rotatable bonds is 4. The standard InChI is InChI=1S/C49H57BO.C39H33BO.C37H33BO/c1-45(2,3)33-23-31(24-34(28-33)46(4,5)6)30-19-21-41-40(27-30)50-39-18-16-15-17-38(39)49(13,14)43-37(20-22-42(51-41)44(43)50)32-25-35(47(7,8)9)29-36(26-32)48(10,11)12;1-37(2)25-15-9-7-13-22(25)24-19-31-32(20-28(24)37)41-33-21-29-34(23-14-8-10-16-26(23)38(29,3)4)35-36(33)40(31)30-18-12-11-17-27(30)39(35,5)6;1-22-15-23(2)18-27(17-22)26-11-13-33-32(21-26)38-31-10-8-7-9-30(31)37(5,6)35-29(12-14-34(39-33)36(35)38)28-19-24(3)16-25(4)20-28/h15-29H,1-14H3;7-21H,1-6H3;7-21H,1-6H3. The second-order valence-corrected chi connectivity index (χ2v) is 46.3. The van der Waals surface area contributed by atoms with E-state index in [2.05, 4.69) is 453 Å². The molecule has 6 heteroatoms. The molecule has 0 saturated carbocycles. The Morgan fingerprint density at radius 2 is 0.527 bits per heavy atom. The van der Waals surface area contributed by atoms with Crippen molar-refractivity contribution in [1.29, 1.82) is 0 Å². The molecule has 2 aliphatic carbocycles. The van der Waals surface area contributed by atoms with Gasteiger partial charge in [0.05, 0.1) is 0 Å². The van der Waals surface area contributed by atoms with Gasteiger partial charge in [-0.05, 0) is 263 Å². The summed E-state index contributed by atoms with van der Waals surface area (Å²) in [6.07, 6.45) is 0. The van der Waals surface area contributed by atoms with E-state index in [1.165, 1.54) is 216 Å². The molecule has 0 N–H and O–H groups in total. The van der Waals surface area contributed by atoms with Crippen LogP contribution in [-0.4, -0.2) is 20.1 Å². The van der Waals surface area contributed by atoms with Crippen molar-refractivity contribution >= 4 is 69.3 Å². The highest BCUT2D eigenvalue weighted by atomic mass is 16.5. The second-order valence-electron chi connectivity index (χ2n) is 46.3. The fourth-order valence-electron chi connectivity index (χ4n) is 24.5. The molecule has 0 aromatic heterocycles. The molecule has 6 aliphatic heterocycles. The van der Waals surface area contributed by atoms with Crippen LogP contribution in [0.4, 0.5) is 0 Å². The summed E-state index contributed by atoms with van der Waals surface area (Å²) in [4.78, 5) is 0. The Bertz CT molecular complexity index is 7280. The smallest absolute Gasteiger partial charge is 0.251 e. The summed E-state index contributed by atoms with van der Waals surface area (Å²) in [6, 6.07) is 104. The fraction of sp³-hybridized carbons (Fsp3) is 0.280. The maximum atomic E-state index is 7.07. The van der Waals surface area contributed by atoms with Gasteiger partial charge in [-0.2, -0.15) is 0 Å². The van der Waals surface area contributed by atoms with Crippen molar-refractivity contribution in [2.75, 3.05) is 0 Å². The van der Waals surface area contributed by atoms with Crippen LogP contribution >= 0.6 is 0 Å². The highest BCUT2D eigenvalue weighted by Gasteiger charge is 2.53. The van der Waals surface area contributed by atoms with Crippen LogP contribution in [0.3, 0.4) is 0 Å². The van der Waals surface area contributed by atoms with Gasteiger partial charge in [0.25, 0.3) is 20.1 Å². The van der Waals surface area contributed by atoms with Gasteiger partial charge >= 0.3 is 0 Å². The van der Waals surface area contributed by atoms with E-state index < -0.39 is 0 Å². The topological polar surface area (TPSA) is 27.7 Å². The Morgan fingerprint density at radius 3 is 0.962 bits per heavy atom. The molecule has 131 heavy (non-hydrogen) atoms. The Morgan fingerprint density at radius 1 is 0.206 bits per heavy atom. The van der Waals surface area contributed by atoms with Crippen molar-refractivity contribution < 1.29 is 14.2 Å². The van der Waals surface area contributed by atoms with E-state index in [-0.39, 0.29) is 68.9 Å². The minimum atomic E-state index is -0.228. The van der Waals surface area contributed by atoms with Crippen LogP contribution in [0.25, 0.3) is 66.8 Å². The lowest BCUT2D eigenvalue weighted by Crippen LogP contribution is -2.62. The monoisotopic (exact) mass is 1700 g/mol. The lowest BCUT2D eigenvalue weighted by Gasteiger charge is -2.43. The van der Waals surface area contributed by atoms with E-state index in [1.807, 2.05) is 0 Å². The van der Waals surface area contributed by atoms with Crippen molar-refractivity contribution in [3.05, 3.63) is 373 Å². The molecule has 0 unspecified atom stereocenters. The van der Waals surface area contributed by atoms with Crippen molar-refractivity contribution in [2.45, 2.75) is 229 Å². The molecular formula is C125H123B3O3. The summed E-state index contributed by atoms with van der Waals surface area (Å²) in [7, 11) is 0. The van der Waals surface area contributed by atoms with E-state index in [0.29, 0.717) is 0 Å². The zero-order chi connectivity index (χ0) is 92.2. The second kappa shape index (κ2) is 29.4. The molecule has 0 fully saturated rings. The van der Waals surface area contributed by atoms with Crippen LogP contribution in [-0.2, 0) is 48.7 Å². The van der Waals surface area contributed by atoms with Crippen molar-refractivity contribution in [1.82, 2.24) is 0 Å². The van der Waals surface area contributed by atoms with Gasteiger partial charge in [-0.3, -0.25) is 0 Å². The third-order valence-corrected chi connectivity index (χ3v) is 31.2. The summed E-state index contributed by atoms with van der Waals surface area (Å²) >= 11 is 0. The van der Waals surface area contributed by atoms with Crippen LogP contribution in [0.5, 0.6) is 34.5 Å². The van der Waals surface area contributed by atoms with E-state index in [1.54, 1.807) is 0 Å². The van der Waals surface area contributed by atoms with Crippen molar-refractivity contribution in [3.8, 4) is 101 Å². The summed E-state index contributed by atoms with van der Waals surface area (Å²) in [5.41, 5.74) is 51.7. The molecule has 15 aromatic carbocycles. The van der Waals surface area contributed by atoms with E-state index in [4.69, 9.17) is 14.2 Å². The average molecular weight is 1710 g/mol. The van der Waals surface area contributed by atoms with Gasteiger partial charge in [0.1, 0.15) is 34.5 Å². The molecule has 0 spiro atoms. The first-order valence-electron chi connectivity index (χ1n) is 47.9. The van der Waals surface area contributed by atoms with Gasteiger partial charge in [-0.15, -0.1) is 0 Å². The number of ether oxygens (including phenoxy) is 3. The zero-order valence-electron chi connectivity index (χ0n) is 81.9. The Balaban J connectivity index is 0.000000120. The van der Waals surface area contributed by atoms with Gasteiger partial charge in [-0.25, -0.2) is 0 Å². The first-order valence-corrected chi connectivity index (χ1v) is 47.9. The van der Waals surface area contributed by atoms with Crippen molar-refractivity contribution in [3.63, 3.8) is 0 Å². The molecule has 650 valence electrons. The highest BCUT2D eigenvalue weighted by Crippen LogP contribution is 2.58. The van der Waals surface area contributed by atoms with E-state index in [9.17, 15) is 0 Å². The number of hydrogen-bond donors (Lipinski definition) is 0. The largest absolute Gasteiger partial charge is 0.458 e. The van der Waals surface area contributed by atoms with Gasteiger partial charge in [0.15, 0.2) is 0 Å². The number of fused-ring (bicyclic) bond motifs is 19. The predicted molar refractivity (Wildman–Crippen MR) is 559 cm³/mol. The van der Waals surface area contributed by atoms with E-state index >= 15 is 0 Å². The average Bonchev–Trinajstić information content (AvgIpc) is 1.47. The maximum absolute atomic E-state index is 7.07. The summed E-state index contributed by atoms with van der Waals surface area (Å²) in [6.45, 7) is 60.8. The lowest BCUT2D eigenvalue weighted by atomic mass is 9.30. The zero-order valence-corrected chi connectivity index (χ0v) is 81.9. The first-order chi connectivity index (χ1) is 61.9. The number of aryl methyl sites for hydroxylation is 4. The molecule has 8 aliphatic rings.